The van der Waals surface area contributed by atoms with Crippen LogP contribution in [0.4, 0.5) is 0 Å². The first-order chi connectivity index (χ1) is 10.3. The molecule has 0 spiro atoms. The third-order valence-corrected chi connectivity index (χ3v) is 4.53. The molecule has 0 aromatic rings. The summed E-state index contributed by atoms with van der Waals surface area (Å²) in [6.07, 6.45) is 9.25. The summed E-state index contributed by atoms with van der Waals surface area (Å²) in [4.78, 5) is 14.6. The van der Waals surface area contributed by atoms with Crippen LogP contribution in [0.25, 0.3) is 0 Å². The number of carbonyl (C=O) groups excluding carboxylic acids is 1. The maximum atomic E-state index is 12.2. The third kappa shape index (κ3) is 5.79. The highest BCUT2D eigenvalue weighted by Gasteiger charge is 2.21. The minimum absolute atomic E-state index is 0.261. The van der Waals surface area contributed by atoms with Crippen molar-refractivity contribution in [2.24, 2.45) is 5.92 Å². The lowest BCUT2D eigenvalue weighted by Crippen LogP contribution is -2.38. The first-order valence-corrected chi connectivity index (χ1v) is 8.55. The minimum atomic E-state index is 0.261. The Bertz CT molecular complexity index is 349. The quantitative estimate of drug-likeness (QED) is 0.579. The third-order valence-electron chi connectivity index (χ3n) is 4.53. The smallest absolute Gasteiger partial charge is 0.223 e. The van der Waals surface area contributed by atoms with Gasteiger partial charge in [0.1, 0.15) is 0 Å². The Hall–Kier alpha value is -0.870. The molecule has 0 unspecified atom stereocenters. The summed E-state index contributed by atoms with van der Waals surface area (Å²) in [7, 11) is 0. The Labute approximate surface area is 128 Å². The Kier molecular flexibility index (Phi) is 7.24. The van der Waals surface area contributed by atoms with E-state index in [1.807, 2.05) is 6.92 Å². The number of nitrogens with zero attached hydrogens (tertiary/aromatic N) is 1. The normalized spacial score (nSPS) is 21.1. The van der Waals surface area contributed by atoms with Gasteiger partial charge in [-0.05, 0) is 31.8 Å². The van der Waals surface area contributed by atoms with E-state index in [1.54, 1.807) is 0 Å². The molecule has 4 heteroatoms. The molecule has 21 heavy (non-hydrogen) atoms. The molecule has 0 bridgehead atoms. The molecule has 1 amide bonds. The van der Waals surface area contributed by atoms with Crippen molar-refractivity contribution in [1.82, 2.24) is 10.2 Å². The van der Waals surface area contributed by atoms with Gasteiger partial charge in [0, 0.05) is 38.7 Å². The zero-order valence-corrected chi connectivity index (χ0v) is 13.4. The van der Waals surface area contributed by atoms with Crippen molar-refractivity contribution in [3.8, 4) is 0 Å². The Morgan fingerprint density at radius 1 is 1.38 bits per heavy atom. The molecular weight excluding hydrogens is 264 g/mol. The molecule has 2 aliphatic rings. The number of amides is 1. The number of rotatable bonds is 7. The van der Waals surface area contributed by atoms with Gasteiger partial charge in [0.05, 0.1) is 6.61 Å². The van der Waals surface area contributed by atoms with Gasteiger partial charge in [-0.3, -0.25) is 9.69 Å². The monoisotopic (exact) mass is 294 g/mol. The molecule has 1 aliphatic heterocycles. The van der Waals surface area contributed by atoms with Crippen LogP contribution in [0.1, 0.15) is 45.4 Å². The number of nitrogens with one attached hydrogen (secondary N) is 1. The van der Waals surface area contributed by atoms with Crippen LogP contribution in [-0.2, 0) is 9.53 Å². The maximum absolute atomic E-state index is 12.2. The highest BCUT2D eigenvalue weighted by atomic mass is 16.5. The standard InChI is InChI=1S/C17H30N2O2/c1-2-21-12-11-19-10-6-7-15(14-19)13-18-17(20)16-8-4-3-5-9-16/h7,16H,2-6,8-14H2,1H3,(H,18,20). The van der Waals surface area contributed by atoms with Crippen molar-refractivity contribution < 1.29 is 9.53 Å². The van der Waals surface area contributed by atoms with Gasteiger partial charge >= 0.3 is 0 Å². The predicted octanol–water partition coefficient (Wildman–Crippen LogP) is 2.35. The number of carbonyl (C=O) groups is 1. The average molecular weight is 294 g/mol. The number of hydrogen-bond donors (Lipinski definition) is 1. The van der Waals surface area contributed by atoms with Gasteiger partial charge in [-0.25, -0.2) is 0 Å². The van der Waals surface area contributed by atoms with E-state index < -0.39 is 0 Å². The van der Waals surface area contributed by atoms with Gasteiger partial charge in [-0.1, -0.05) is 25.3 Å². The summed E-state index contributed by atoms with van der Waals surface area (Å²) < 4.78 is 5.42. The molecule has 1 heterocycles. The van der Waals surface area contributed by atoms with Gasteiger partial charge in [0.15, 0.2) is 0 Å². The summed E-state index contributed by atoms with van der Waals surface area (Å²) >= 11 is 0. The molecule has 1 N–H and O–H groups in total. The molecule has 1 aliphatic carbocycles. The van der Waals surface area contributed by atoms with Crippen molar-refractivity contribution >= 4 is 5.91 Å². The Balaban J connectivity index is 1.67. The number of hydrogen-bond acceptors (Lipinski definition) is 3. The van der Waals surface area contributed by atoms with Crippen LogP contribution in [0, 0.1) is 5.92 Å². The van der Waals surface area contributed by atoms with Gasteiger partial charge < -0.3 is 10.1 Å². The lowest BCUT2D eigenvalue weighted by molar-refractivity contribution is -0.125. The average Bonchev–Trinajstić information content (AvgIpc) is 2.54. The summed E-state index contributed by atoms with van der Waals surface area (Å²) in [5, 5.41) is 3.14. The SMILES string of the molecule is CCOCCN1CCC=C(CNC(=O)C2CCCCC2)C1. The maximum Gasteiger partial charge on any atom is 0.223 e. The van der Waals surface area contributed by atoms with Crippen LogP contribution in [0.5, 0.6) is 0 Å². The van der Waals surface area contributed by atoms with E-state index in [0.717, 1.165) is 58.7 Å². The largest absolute Gasteiger partial charge is 0.380 e. The second-order valence-corrected chi connectivity index (χ2v) is 6.18. The van der Waals surface area contributed by atoms with E-state index in [9.17, 15) is 4.79 Å². The van der Waals surface area contributed by atoms with E-state index >= 15 is 0 Å². The second kappa shape index (κ2) is 9.21. The lowest BCUT2D eigenvalue weighted by Gasteiger charge is -2.28. The van der Waals surface area contributed by atoms with Crippen LogP contribution in [-0.4, -0.2) is 50.2 Å². The van der Waals surface area contributed by atoms with Crippen molar-refractivity contribution in [2.45, 2.75) is 45.4 Å². The van der Waals surface area contributed by atoms with Gasteiger partial charge in [-0.15, -0.1) is 0 Å². The Morgan fingerprint density at radius 2 is 2.19 bits per heavy atom. The van der Waals surface area contributed by atoms with Gasteiger partial charge in [0.25, 0.3) is 0 Å². The van der Waals surface area contributed by atoms with Crippen molar-refractivity contribution in [2.75, 3.05) is 39.4 Å². The first kappa shape index (κ1) is 16.5. The molecule has 0 saturated heterocycles. The van der Waals surface area contributed by atoms with E-state index in [4.69, 9.17) is 4.74 Å². The summed E-state index contributed by atoms with van der Waals surface area (Å²) in [6, 6.07) is 0. The van der Waals surface area contributed by atoms with E-state index in [0.29, 0.717) is 0 Å². The molecule has 2 rings (SSSR count). The second-order valence-electron chi connectivity index (χ2n) is 6.18. The van der Waals surface area contributed by atoms with Gasteiger partial charge in [-0.2, -0.15) is 0 Å². The topological polar surface area (TPSA) is 41.6 Å². The minimum Gasteiger partial charge on any atom is -0.380 e. The fourth-order valence-corrected chi connectivity index (χ4v) is 3.25. The molecule has 1 saturated carbocycles. The molecule has 4 nitrogen and oxygen atoms in total. The summed E-state index contributed by atoms with van der Waals surface area (Å²) in [5.41, 5.74) is 1.35. The van der Waals surface area contributed by atoms with Crippen LogP contribution in [0.15, 0.2) is 11.6 Å². The lowest BCUT2D eigenvalue weighted by atomic mass is 9.88. The van der Waals surface area contributed by atoms with Crippen molar-refractivity contribution in [3.63, 3.8) is 0 Å². The highest BCUT2D eigenvalue weighted by Crippen LogP contribution is 2.23. The molecule has 0 aromatic heterocycles. The van der Waals surface area contributed by atoms with Crippen molar-refractivity contribution in [3.05, 3.63) is 11.6 Å². The van der Waals surface area contributed by atoms with Gasteiger partial charge in [0.2, 0.25) is 5.91 Å². The van der Waals surface area contributed by atoms with Crippen molar-refractivity contribution in [1.29, 1.82) is 0 Å². The van der Waals surface area contributed by atoms with E-state index in [2.05, 4.69) is 16.3 Å². The molecular formula is C17H30N2O2. The highest BCUT2D eigenvalue weighted by molar-refractivity contribution is 5.78. The van der Waals surface area contributed by atoms with Crippen LogP contribution in [0.2, 0.25) is 0 Å². The van der Waals surface area contributed by atoms with Crippen LogP contribution < -0.4 is 5.32 Å². The van der Waals surface area contributed by atoms with E-state index in [1.165, 1.54) is 24.8 Å². The molecule has 0 atom stereocenters. The number of ether oxygens (including phenoxy) is 1. The molecule has 0 aromatic carbocycles. The first-order valence-electron chi connectivity index (χ1n) is 8.55. The van der Waals surface area contributed by atoms with E-state index in [-0.39, 0.29) is 11.8 Å². The van der Waals surface area contributed by atoms with Crippen LogP contribution in [0.3, 0.4) is 0 Å². The fraction of sp³-hybridized carbons (Fsp3) is 0.824. The molecule has 1 fully saturated rings. The summed E-state index contributed by atoms with van der Waals surface area (Å²) in [5.74, 6) is 0.527. The Morgan fingerprint density at radius 3 is 2.95 bits per heavy atom. The molecule has 0 radical (unpaired) electrons. The molecule has 120 valence electrons. The zero-order valence-electron chi connectivity index (χ0n) is 13.4. The zero-order chi connectivity index (χ0) is 14.9. The fourth-order valence-electron chi connectivity index (χ4n) is 3.25. The summed E-state index contributed by atoms with van der Waals surface area (Å²) in [6.45, 7) is 7.40. The van der Waals surface area contributed by atoms with Crippen LogP contribution >= 0.6 is 0 Å². The predicted molar refractivity (Wildman–Crippen MR) is 85.2 cm³/mol.